The maximum absolute atomic E-state index is 11.7. The minimum Gasteiger partial charge on any atom is -0.469 e. The van der Waals surface area contributed by atoms with Gasteiger partial charge in [0, 0.05) is 38.6 Å². The fourth-order valence-corrected chi connectivity index (χ4v) is 4.24. The maximum atomic E-state index is 11.7. The third-order valence-corrected chi connectivity index (χ3v) is 5.71. The van der Waals surface area contributed by atoms with Gasteiger partial charge < -0.3 is 9.47 Å². The van der Waals surface area contributed by atoms with Crippen molar-refractivity contribution in [2.75, 3.05) is 53.0 Å². The lowest BCUT2D eigenvalue weighted by Gasteiger charge is -2.45. The van der Waals surface area contributed by atoms with E-state index in [0.717, 1.165) is 58.8 Å². The number of likely N-dealkylation sites (tertiary alicyclic amines) is 1. The monoisotopic (exact) mass is 372 g/mol. The number of hydrogen-bond acceptors (Lipinski definition) is 5. The average Bonchev–Trinajstić information content (AvgIpc) is 2.73. The molecule has 0 saturated carbocycles. The SMILES string of the molecule is COC(=O)CC[C@@H]1CN(C/C=C/c2ccccc2)CC[C@@H]1N1CCOCC1. The van der Waals surface area contributed by atoms with Crippen molar-refractivity contribution < 1.29 is 14.3 Å². The molecule has 0 amide bonds. The van der Waals surface area contributed by atoms with Gasteiger partial charge in [-0.1, -0.05) is 42.5 Å². The van der Waals surface area contributed by atoms with Crippen LogP contribution in [0.15, 0.2) is 36.4 Å². The molecule has 27 heavy (non-hydrogen) atoms. The summed E-state index contributed by atoms with van der Waals surface area (Å²) in [5.41, 5.74) is 1.24. The molecule has 3 rings (SSSR count). The number of esters is 1. The number of piperidine rings is 1. The predicted molar refractivity (Wildman–Crippen MR) is 107 cm³/mol. The fraction of sp³-hybridized carbons (Fsp3) is 0.591. The van der Waals surface area contributed by atoms with E-state index in [0.29, 0.717) is 18.4 Å². The Hall–Kier alpha value is -1.69. The number of hydrogen-bond donors (Lipinski definition) is 0. The van der Waals surface area contributed by atoms with Crippen LogP contribution in [-0.2, 0) is 14.3 Å². The second-order valence-corrected chi connectivity index (χ2v) is 7.45. The number of ether oxygens (including phenoxy) is 2. The predicted octanol–water partition coefficient (Wildman–Crippen LogP) is 2.68. The van der Waals surface area contributed by atoms with Gasteiger partial charge in [0.05, 0.1) is 20.3 Å². The molecule has 2 saturated heterocycles. The number of methoxy groups -OCH3 is 1. The van der Waals surface area contributed by atoms with E-state index in [1.54, 1.807) is 0 Å². The summed E-state index contributed by atoms with van der Waals surface area (Å²) in [5.74, 6) is 0.401. The fourth-order valence-electron chi connectivity index (χ4n) is 4.24. The van der Waals surface area contributed by atoms with Gasteiger partial charge in [-0.05, 0) is 30.9 Å². The molecule has 0 aliphatic carbocycles. The van der Waals surface area contributed by atoms with Crippen molar-refractivity contribution in [2.45, 2.75) is 25.3 Å². The van der Waals surface area contributed by atoms with Crippen LogP contribution in [0.3, 0.4) is 0 Å². The molecule has 1 aromatic rings. The summed E-state index contributed by atoms with van der Waals surface area (Å²) >= 11 is 0. The van der Waals surface area contributed by atoms with Crippen LogP contribution < -0.4 is 0 Å². The Morgan fingerprint density at radius 2 is 2.00 bits per heavy atom. The van der Waals surface area contributed by atoms with Crippen LogP contribution in [0.1, 0.15) is 24.8 Å². The van der Waals surface area contributed by atoms with Crippen molar-refractivity contribution in [1.29, 1.82) is 0 Å². The highest BCUT2D eigenvalue weighted by Gasteiger charge is 2.33. The van der Waals surface area contributed by atoms with Gasteiger partial charge in [0.15, 0.2) is 0 Å². The second-order valence-electron chi connectivity index (χ2n) is 7.45. The van der Waals surface area contributed by atoms with Crippen LogP contribution in [0.2, 0.25) is 0 Å². The van der Waals surface area contributed by atoms with Gasteiger partial charge in [0.2, 0.25) is 0 Å². The smallest absolute Gasteiger partial charge is 0.305 e. The Bertz CT molecular complexity index is 599. The minimum atomic E-state index is -0.100. The third kappa shape index (κ3) is 6.16. The first-order valence-electron chi connectivity index (χ1n) is 10.1. The van der Waals surface area contributed by atoms with Crippen LogP contribution in [-0.4, -0.2) is 74.9 Å². The molecule has 2 aliphatic heterocycles. The number of benzene rings is 1. The molecule has 0 N–H and O–H groups in total. The van der Waals surface area contributed by atoms with E-state index in [-0.39, 0.29) is 5.97 Å². The van der Waals surface area contributed by atoms with E-state index in [2.05, 4.69) is 46.2 Å². The topological polar surface area (TPSA) is 42.0 Å². The standard InChI is InChI=1S/C22H32N2O3/c1-26-22(25)10-9-20-18-23(12-5-8-19-6-3-2-4-7-19)13-11-21(20)24-14-16-27-17-15-24/h2-8,20-21H,9-18H2,1H3/b8-5+/t20-,21+/m1/s1. The summed E-state index contributed by atoms with van der Waals surface area (Å²) < 4.78 is 10.4. The van der Waals surface area contributed by atoms with Crippen LogP contribution >= 0.6 is 0 Å². The molecule has 5 nitrogen and oxygen atoms in total. The lowest BCUT2D eigenvalue weighted by Crippen LogP contribution is -2.54. The summed E-state index contributed by atoms with van der Waals surface area (Å²) in [6, 6.07) is 11.0. The zero-order valence-corrected chi connectivity index (χ0v) is 16.4. The zero-order chi connectivity index (χ0) is 18.9. The lowest BCUT2D eigenvalue weighted by atomic mass is 9.86. The highest BCUT2D eigenvalue weighted by Crippen LogP contribution is 2.27. The van der Waals surface area contributed by atoms with Crippen molar-refractivity contribution in [3.8, 4) is 0 Å². The minimum absolute atomic E-state index is 0.100. The highest BCUT2D eigenvalue weighted by atomic mass is 16.5. The zero-order valence-electron chi connectivity index (χ0n) is 16.4. The normalized spacial score (nSPS) is 24.9. The van der Waals surface area contributed by atoms with E-state index >= 15 is 0 Å². The van der Waals surface area contributed by atoms with Crippen molar-refractivity contribution >= 4 is 12.0 Å². The first-order valence-corrected chi connectivity index (χ1v) is 10.1. The van der Waals surface area contributed by atoms with E-state index in [1.807, 2.05) is 6.07 Å². The molecule has 0 radical (unpaired) electrons. The molecule has 148 valence electrons. The Labute approximate surface area is 162 Å². The quantitative estimate of drug-likeness (QED) is 0.689. The van der Waals surface area contributed by atoms with Crippen LogP contribution in [0.4, 0.5) is 0 Å². The Balaban J connectivity index is 1.56. The third-order valence-electron chi connectivity index (χ3n) is 5.71. The summed E-state index contributed by atoms with van der Waals surface area (Å²) in [6.07, 6.45) is 7.01. The van der Waals surface area contributed by atoms with Gasteiger partial charge in [-0.15, -0.1) is 0 Å². The number of rotatable bonds is 7. The van der Waals surface area contributed by atoms with Crippen molar-refractivity contribution in [3.63, 3.8) is 0 Å². The molecule has 0 spiro atoms. The summed E-state index contributed by atoms with van der Waals surface area (Å²) in [5, 5.41) is 0. The number of morpholine rings is 1. The Morgan fingerprint density at radius 1 is 1.22 bits per heavy atom. The maximum Gasteiger partial charge on any atom is 0.305 e. The molecule has 2 atom stereocenters. The van der Waals surface area contributed by atoms with Crippen molar-refractivity contribution in [2.24, 2.45) is 5.92 Å². The van der Waals surface area contributed by atoms with Crippen LogP contribution in [0, 0.1) is 5.92 Å². The van der Waals surface area contributed by atoms with Gasteiger partial charge in [-0.3, -0.25) is 14.6 Å². The van der Waals surface area contributed by atoms with Gasteiger partial charge in [-0.2, -0.15) is 0 Å². The number of carbonyl (C=O) groups excluding carboxylic acids is 1. The molecule has 2 aliphatic rings. The van der Waals surface area contributed by atoms with Gasteiger partial charge in [0.1, 0.15) is 0 Å². The first kappa shape index (κ1) is 20.1. The first-order chi connectivity index (χ1) is 13.3. The molecule has 0 aromatic heterocycles. The van der Waals surface area contributed by atoms with Gasteiger partial charge in [0.25, 0.3) is 0 Å². The lowest BCUT2D eigenvalue weighted by molar-refractivity contribution is -0.141. The van der Waals surface area contributed by atoms with Gasteiger partial charge >= 0.3 is 5.97 Å². The molecule has 5 heteroatoms. The van der Waals surface area contributed by atoms with E-state index in [9.17, 15) is 4.79 Å². The largest absolute Gasteiger partial charge is 0.469 e. The summed E-state index contributed by atoms with van der Waals surface area (Å²) in [7, 11) is 1.48. The summed E-state index contributed by atoms with van der Waals surface area (Å²) in [4.78, 5) is 16.8. The van der Waals surface area contributed by atoms with Crippen molar-refractivity contribution in [1.82, 2.24) is 9.80 Å². The van der Waals surface area contributed by atoms with E-state index in [4.69, 9.17) is 9.47 Å². The summed E-state index contributed by atoms with van der Waals surface area (Å²) in [6.45, 7) is 6.77. The van der Waals surface area contributed by atoms with Crippen LogP contribution in [0.5, 0.6) is 0 Å². The molecular weight excluding hydrogens is 340 g/mol. The molecule has 0 unspecified atom stereocenters. The van der Waals surface area contributed by atoms with E-state index < -0.39 is 0 Å². The molecule has 2 heterocycles. The Morgan fingerprint density at radius 3 is 2.74 bits per heavy atom. The Kier molecular flexibility index (Phi) is 7.87. The average molecular weight is 373 g/mol. The molecular formula is C22H32N2O3. The van der Waals surface area contributed by atoms with Crippen molar-refractivity contribution in [3.05, 3.63) is 42.0 Å². The van der Waals surface area contributed by atoms with E-state index in [1.165, 1.54) is 12.7 Å². The number of carbonyl (C=O) groups is 1. The molecule has 0 bridgehead atoms. The second kappa shape index (κ2) is 10.6. The number of nitrogens with zero attached hydrogens (tertiary/aromatic N) is 2. The highest BCUT2D eigenvalue weighted by molar-refractivity contribution is 5.69. The molecule has 1 aromatic carbocycles. The van der Waals surface area contributed by atoms with Crippen LogP contribution in [0.25, 0.3) is 6.08 Å². The molecule has 2 fully saturated rings. The van der Waals surface area contributed by atoms with Gasteiger partial charge in [-0.25, -0.2) is 0 Å².